The molecule has 1 saturated heterocycles. The molecule has 0 saturated carbocycles. The van der Waals surface area contributed by atoms with Gasteiger partial charge in [0.2, 0.25) is 5.95 Å². The smallest absolute Gasteiger partial charge is 0.227 e. The Morgan fingerprint density at radius 2 is 2.00 bits per heavy atom. The first-order chi connectivity index (χ1) is 8.53. The molecule has 0 bridgehead atoms. The van der Waals surface area contributed by atoms with Gasteiger partial charge in [0.05, 0.1) is 18.9 Å². The third-order valence-corrected chi connectivity index (χ3v) is 3.30. The quantitative estimate of drug-likeness (QED) is 0.785. The number of halogens is 1. The Kier molecular flexibility index (Phi) is 4.04. The highest BCUT2D eigenvalue weighted by Gasteiger charge is 2.24. The Morgan fingerprint density at radius 1 is 1.33 bits per heavy atom. The van der Waals surface area contributed by atoms with E-state index in [9.17, 15) is 0 Å². The molecule has 0 aromatic carbocycles. The summed E-state index contributed by atoms with van der Waals surface area (Å²) in [6.07, 6.45) is 0. The standard InChI is InChI=1S/C12H18ClN3O2/c1-12(2,17-3)9-8-10(13)15-11(14-9)16-4-6-18-7-5-16/h8H,4-7H2,1-3H3. The number of anilines is 1. The van der Waals surface area contributed by atoms with Gasteiger partial charge in [-0.25, -0.2) is 9.97 Å². The monoisotopic (exact) mass is 271 g/mol. The van der Waals surface area contributed by atoms with Crippen LogP contribution in [-0.4, -0.2) is 43.4 Å². The van der Waals surface area contributed by atoms with Crippen molar-refractivity contribution in [3.05, 3.63) is 16.9 Å². The van der Waals surface area contributed by atoms with Gasteiger partial charge in [0.25, 0.3) is 0 Å². The Morgan fingerprint density at radius 3 is 2.61 bits per heavy atom. The summed E-state index contributed by atoms with van der Waals surface area (Å²) in [5.41, 5.74) is 0.305. The van der Waals surface area contributed by atoms with Crippen molar-refractivity contribution >= 4 is 17.5 Å². The lowest BCUT2D eigenvalue weighted by Crippen LogP contribution is -2.38. The molecule has 6 heteroatoms. The molecule has 5 nitrogen and oxygen atoms in total. The van der Waals surface area contributed by atoms with Gasteiger partial charge >= 0.3 is 0 Å². The lowest BCUT2D eigenvalue weighted by molar-refractivity contribution is 0.0154. The highest BCUT2D eigenvalue weighted by Crippen LogP contribution is 2.26. The summed E-state index contributed by atoms with van der Waals surface area (Å²) in [6, 6.07) is 1.75. The van der Waals surface area contributed by atoms with Crippen LogP contribution in [0.2, 0.25) is 5.15 Å². The number of hydrogen-bond donors (Lipinski definition) is 0. The van der Waals surface area contributed by atoms with Crippen LogP contribution in [0.1, 0.15) is 19.5 Å². The molecule has 0 unspecified atom stereocenters. The fourth-order valence-electron chi connectivity index (χ4n) is 1.72. The number of methoxy groups -OCH3 is 1. The normalized spacial score (nSPS) is 17.0. The summed E-state index contributed by atoms with van der Waals surface area (Å²) in [5.74, 6) is 0.644. The van der Waals surface area contributed by atoms with Crippen LogP contribution in [0.5, 0.6) is 0 Å². The first-order valence-electron chi connectivity index (χ1n) is 5.96. The van der Waals surface area contributed by atoms with E-state index in [1.54, 1.807) is 13.2 Å². The van der Waals surface area contributed by atoms with Gasteiger partial charge in [-0.3, -0.25) is 0 Å². The molecular weight excluding hydrogens is 254 g/mol. The number of nitrogens with zero attached hydrogens (tertiary/aromatic N) is 3. The molecule has 1 fully saturated rings. The van der Waals surface area contributed by atoms with Gasteiger partial charge in [-0.2, -0.15) is 0 Å². The molecule has 0 radical (unpaired) electrons. The van der Waals surface area contributed by atoms with Crippen LogP contribution in [0, 0.1) is 0 Å². The second kappa shape index (κ2) is 5.38. The molecular formula is C12H18ClN3O2. The lowest BCUT2D eigenvalue weighted by Gasteiger charge is -2.29. The summed E-state index contributed by atoms with van der Waals surface area (Å²) in [6.45, 7) is 6.86. The summed E-state index contributed by atoms with van der Waals surface area (Å²) in [5, 5.41) is 0.437. The van der Waals surface area contributed by atoms with E-state index in [0.717, 1.165) is 18.8 Å². The Bertz CT molecular complexity index is 420. The fraction of sp³-hybridized carbons (Fsp3) is 0.667. The maximum Gasteiger partial charge on any atom is 0.227 e. The Hall–Kier alpha value is -0.910. The molecule has 0 aliphatic carbocycles. The van der Waals surface area contributed by atoms with Crippen molar-refractivity contribution in [3.8, 4) is 0 Å². The minimum atomic E-state index is -0.479. The number of aromatic nitrogens is 2. The zero-order valence-electron chi connectivity index (χ0n) is 10.9. The minimum Gasteiger partial charge on any atom is -0.378 e. The second-order valence-electron chi connectivity index (χ2n) is 4.69. The summed E-state index contributed by atoms with van der Waals surface area (Å²) in [7, 11) is 1.66. The molecule has 0 N–H and O–H groups in total. The molecule has 1 aromatic rings. The van der Waals surface area contributed by atoms with E-state index in [4.69, 9.17) is 21.1 Å². The zero-order valence-corrected chi connectivity index (χ0v) is 11.7. The molecule has 2 heterocycles. The molecule has 2 rings (SSSR count). The van der Waals surface area contributed by atoms with Crippen molar-refractivity contribution in [2.75, 3.05) is 38.3 Å². The third-order valence-electron chi connectivity index (χ3n) is 3.10. The third kappa shape index (κ3) is 2.91. The van der Waals surface area contributed by atoms with Gasteiger partial charge < -0.3 is 14.4 Å². The predicted molar refractivity (Wildman–Crippen MR) is 70.1 cm³/mol. The van der Waals surface area contributed by atoms with Gasteiger partial charge in [-0.05, 0) is 13.8 Å². The Labute approximate surface area is 112 Å². The molecule has 1 aliphatic heterocycles. The predicted octanol–water partition coefficient (Wildman–Crippen LogP) is 1.85. The molecule has 100 valence electrons. The van der Waals surface area contributed by atoms with E-state index in [0.29, 0.717) is 24.3 Å². The summed E-state index contributed by atoms with van der Waals surface area (Å²) >= 11 is 6.07. The molecule has 18 heavy (non-hydrogen) atoms. The molecule has 1 aliphatic rings. The van der Waals surface area contributed by atoms with Crippen molar-refractivity contribution in [3.63, 3.8) is 0 Å². The summed E-state index contributed by atoms with van der Waals surface area (Å²) in [4.78, 5) is 10.9. The number of ether oxygens (including phenoxy) is 2. The van der Waals surface area contributed by atoms with Crippen LogP contribution in [-0.2, 0) is 15.1 Å². The maximum atomic E-state index is 6.07. The largest absolute Gasteiger partial charge is 0.378 e. The van der Waals surface area contributed by atoms with Crippen molar-refractivity contribution in [1.29, 1.82) is 0 Å². The number of morpholine rings is 1. The Balaban J connectivity index is 2.31. The van der Waals surface area contributed by atoms with E-state index in [2.05, 4.69) is 14.9 Å². The van der Waals surface area contributed by atoms with E-state index < -0.39 is 5.60 Å². The van der Waals surface area contributed by atoms with Gasteiger partial charge in [0.1, 0.15) is 10.8 Å². The van der Waals surface area contributed by atoms with Crippen molar-refractivity contribution < 1.29 is 9.47 Å². The van der Waals surface area contributed by atoms with Gasteiger partial charge in [-0.1, -0.05) is 11.6 Å². The van der Waals surface area contributed by atoms with Crippen LogP contribution in [0.25, 0.3) is 0 Å². The first kappa shape index (κ1) is 13.5. The first-order valence-corrected chi connectivity index (χ1v) is 6.33. The lowest BCUT2D eigenvalue weighted by atomic mass is 10.1. The maximum absolute atomic E-state index is 6.07. The van der Waals surface area contributed by atoms with Crippen molar-refractivity contribution in [2.45, 2.75) is 19.4 Å². The van der Waals surface area contributed by atoms with E-state index in [-0.39, 0.29) is 0 Å². The highest BCUT2D eigenvalue weighted by molar-refractivity contribution is 6.29. The van der Waals surface area contributed by atoms with Crippen LogP contribution >= 0.6 is 11.6 Å². The van der Waals surface area contributed by atoms with E-state index in [1.807, 2.05) is 13.8 Å². The van der Waals surface area contributed by atoms with Gasteiger partial charge in [0.15, 0.2) is 0 Å². The SMILES string of the molecule is COC(C)(C)c1cc(Cl)nc(N2CCOCC2)n1. The van der Waals surface area contributed by atoms with Gasteiger partial charge in [0, 0.05) is 26.3 Å². The molecule has 1 aromatic heterocycles. The second-order valence-corrected chi connectivity index (χ2v) is 5.08. The average Bonchev–Trinajstić information content (AvgIpc) is 2.39. The van der Waals surface area contributed by atoms with Crippen LogP contribution in [0.15, 0.2) is 6.07 Å². The average molecular weight is 272 g/mol. The molecule has 0 amide bonds. The number of hydrogen-bond acceptors (Lipinski definition) is 5. The minimum absolute atomic E-state index is 0.437. The van der Waals surface area contributed by atoms with Gasteiger partial charge in [-0.15, -0.1) is 0 Å². The summed E-state index contributed by atoms with van der Waals surface area (Å²) < 4.78 is 10.7. The molecule has 0 atom stereocenters. The van der Waals surface area contributed by atoms with Crippen LogP contribution in [0.4, 0.5) is 5.95 Å². The highest BCUT2D eigenvalue weighted by atomic mass is 35.5. The number of rotatable bonds is 3. The van der Waals surface area contributed by atoms with Crippen molar-refractivity contribution in [1.82, 2.24) is 9.97 Å². The topological polar surface area (TPSA) is 47.5 Å². The van der Waals surface area contributed by atoms with Crippen LogP contribution in [0.3, 0.4) is 0 Å². The fourth-order valence-corrected chi connectivity index (χ4v) is 1.90. The van der Waals surface area contributed by atoms with E-state index >= 15 is 0 Å². The zero-order chi connectivity index (χ0) is 13.2. The van der Waals surface area contributed by atoms with E-state index in [1.165, 1.54) is 0 Å². The van der Waals surface area contributed by atoms with Crippen LogP contribution < -0.4 is 4.90 Å². The van der Waals surface area contributed by atoms with Crippen molar-refractivity contribution in [2.24, 2.45) is 0 Å². The molecule has 0 spiro atoms.